The van der Waals surface area contributed by atoms with E-state index in [0.29, 0.717) is 30.4 Å². The first-order chi connectivity index (χ1) is 16.9. The number of aliphatic carboxylic acids is 1. The maximum atomic E-state index is 14.1. The Morgan fingerprint density at radius 3 is 2.35 bits per heavy atom. The predicted octanol–water partition coefficient (Wildman–Crippen LogP) is 3.84. The number of carboxylic acids is 1. The highest BCUT2D eigenvalue weighted by molar-refractivity contribution is 6.05. The van der Waals surface area contributed by atoms with Crippen LogP contribution in [0.4, 0.5) is 0 Å². The summed E-state index contributed by atoms with van der Waals surface area (Å²) in [4.78, 5) is 39.2. The molecule has 0 radical (unpaired) electrons. The number of allylic oxidation sites excluding steroid dienone is 1. The van der Waals surface area contributed by atoms with Crippen molar-refractivity contribution in [3.8, 4) is 0 Å². The van der Waals surface area contributed by atoms with Gasteiger partial charge in [-0.15, -0.1) is 0 Å². The molecular weight excluding hydrogens is 472 g/mol. The first kappa shape index (κ1) is 28.2. The first-order valence-corrected chi connectivity index (χ1v) is 13.7. The molecule has 0 aromatic rings. The second-order valence-electron chi connectivity index (χ2n) is 13.7. The van der Waals surface area contributed by atoms with E-state index in [1.165, 1.54) is 13.0 Å². The van der Waals surface area contributed by atoms with Crippen LogP contribution < -0.4 is 0 Å². The summed E-state index contributed by atoms with van der Waals surface area (Å²) in [5.41, 5.74) is -1.42. The average Bonchev–Trinajstić information content (AvgIpc) is 2.99. The van der Waals surface area contributed by atoms with Crippen LogP contribution in [-0.2, 0) is 14.4 Å². The minimum atomic E-state index is -1.09. The monoisotopic (exact) mass is 516 g/mol. The Morgan fingerprint density at radius 1 is 1.14 bits per heavy atom. The Morgan fingerprint density at radius 2 is 1.76 bits per heavy atom. The molecule has 37 heavy (non-hydrogen) atoms. The Hall–Kier alpha value is -1.83. The van der Waals surface area contributed by atoms with Crippen LogP contribution in [-0.4, -0.2) is 56.3 Å². The largest absolute Gasteiger partial charge is 0.478 e. The van der Waals surface area contributed by atoms with Crippen LogP contribution >= 0.6 is 0 Å². The van der Waals surface area contributed by atoms with E-state index in [1.807, 2.05) is 34.6 Å². The van der Waals surface area contributed by atoms with Crippen LogP contribution in [0.3, 0.4) is 0 Å². The van der Waals surface area contributed by atoms with Crippen molar-refractivity contribution in [1.82, 2.24) is 0 Å². The van der Waals surface area contributed by atoms with Gasteiger partial charge in [-0.1, -0.05) is 34.6 Å². The van der Waals surface area contributed by atoms with Gasteiger partial charge in [0.15, 0.2) is 5.78 Å². The fourth-order valence-electron chi connectivity index (χ4n) is 9.07. The Bertz CT molecular complexity index is 1090. The van der Waals surface area contributed by atoms with Crippen molar-refractivity contribution in [2.24, 2.45) is 39.4 Å². The van der Waals surface area contributed by atoms with Gasteiger partial charge in [0.25, 0.3) is 0 Å². The number of carboxylic acid groups (broad SMARTS) is 1. The molecule has 7 heteroatoms. The molecule has 9 unspecified atom stereocenters. The molecule has 0 aliphatic heterocycles. The van der Waals surface area contributed by atoms with Crippen molar-refractivity contribution in [3.05, 3.63) is 22.8 Å². The van der Waals surface area contributed by atoms with Crippen LogP contribution in [0.1, 0.15) is 87.0 Å². The summed E-state index contributed by atoms with van der Waals surface area (Å²) in [6.07, 6.45) is 1.26. The summed E-state index contributed by atoms with van der Waals surface area (Å²) < 4.78 is 0. The number of hydrogen-bond acceptors (Lipinski definition) is 6. The maximum absolute atomic E-state index is 14.1. The topological polar surface area (TPSA) is 132 Å². The third kappa shape index (κ3) is 3.82. The molecule has 0 saturated heterocycles. The Balaban J connectivity index is 1.77. The second kappa shape index (κ2) is 8.85. The zero-order valence-electron chi connectivity index (χ0n) is 23.3. The summed E-state index contributed by atoms with van der Waals surface area (Å²) >= 11 is 0. The SMILES string of the molecule is C/C(=C\C(O)CC(C)C1CC(=O)C2(C)C3=C(C(=O)CC12C)C1(C)CCC(O)C(C)(C)C1CC3O)C(=O)O. The molecule has 4 aliphatic rings. The summed E-state index contributed by atoms with van der Waals surface area (Å²) in [5, 5.41) is 42.1. The van der Waals surface area contributed by atoms with Gasteiger partial charge in [0.2, 0.25) is 0 Å². The molecule has 206 valence electrons. The summed E-state index contributed by atoms with van der Waals surface area (Å²) in [6.45, 7) is 13.4. The van der Waals surface area contributed by atoms with Crippen molar-refractivity contribution in [1.29, 1.82) is 0 Å². The van der Waals surface area contributed by atoms with Crippen LogP contribution in [0.5, 0.6) is 0 Å². The molecule has 0 aromatic carbocycles. The van der Waals surface area contributed by atoms with Crippen LogP contribution in [0.15, 0.2) is 22.8 Å². The van der Waals surface area contributed by atoms with Gasteiger partial charge in [-0.05, 0) is 85.2 Å². The molecule has 0 bridgehead atoms. The predicted molar refractivity (Wildman–Crippen MR) is 138 cm³/mol. The van der Waals surface area contributed by atoms with Gasteiger partial charge in [0.1, 0.15) is 5.78 Å². The van der Waals surface area contributed by atoms with Gasteiger partial charge in [-0.3, -0.25) is 9.59 Å². The standard InChI is InChI=1S/C30H44O7/c1-15(10-17(31)11-16(2)26(36)37)18-12-23(35)30(7)25-19(32)13-21-27(3,4)22(34)8-9-28(21,5)24(25)20(33)14-29(18,30)6/h11,15,17-19,21-22,31-32,34H,8-10,12-14H2,1-7H3,(H,36,37)/b16-11+. The smallest absolute Gasteiger partial charge is 0.331 e. The summed E-state index contributed by atoms with van der Waals surface area (Å²) in [5.74, 6) is -1.50. The van der Waals surface area contributed by atoms with Crippen molar-refractivity contribution < 1.29 is 34.8 Å². The van der Waals surface area contributed by atoms with E-state index >= 15 is 0 Å². The number of carbonyl (C=O) groups excluding carboxylic acids is 2. The minimum Gasteiger partial charge on any atom is -0.478 e. The second-order valence-corrected chi connectivity index (χ2v) is 13.7. The number of fused-ring (bicyclic) bond motifs is 4. The van der Waals surface area contributed by atoms with Gasteiger partial charge in [0.05, 0.1) is 23.7 Å². The molecule has 4 aliphatic carbocycles. The fraction of sp³-hybridized carbons (Fsp3) is 0.767. The average molecular weight is 517 g/mol. The Labute approximate surface area is 220 Å². The van der Waals surface area contributed by atoms with Crippen LogP contribution in [0.25, 0.3) is 0 Å². The van der Waals surface area contributed by atoms with E-state index in [9.17, 15) is 29.7 Å². The van der Waals surface area contributed by atoms with Gasteiger partial charge in [-0.2, -0.15) is 0 Å². The highest BCUT2D eigenvalue weighted by Gasteiger charge is 2.70. The van der Waals surface area contributed by atoms with E-state index < -0.39 is 45.9 Å². The lowest BCUT2D eigenvalue weighted by molar-refractivity contribution is -0.142. The summed E-state index contributed by atoms with van der Waals surface area (Å²) in [7, 11) is 0. The molecule has 0 heterocycles. The van der Waals surface area contributed by atoms with Gasteiger partial charge >= 0.3 is 5.97 Å². The fourth-order valence-corrected chi connectivity index (χ4v) is 9.07. The number of Topliss-reactive ketones (excluding diaryl/α,β-unsaturated/α-hetero) is 2. The van der Waals surface area contributed by atoms with E-state index in [1.54, 1.807) is 0 Å². The number of ketones is 2. The van der Waals surface area contributed by atoms with Crippen molar-refractivity contribution >= 4 is 17.5 Å². The summed E-state index contributed by atoms with van der Waals surface area (Å²) in [6, 6.07) is 0. The molecule has 0 spiro atoms. The molecule has 2 saturated carbocycles. The number of rotatable bonds is 5. The third-order valence-corrected chi connectivity index (χ3v) is 11.4. The number of hydrogen-bond donors (Lipinski definition) is 4. The molecule has 4 rings (SSSR count). The molecule has 0 amide bonds. The lowest BCUT2D eigenvalue weighted by Gasteiger charge is -2.61. The van der Waals surface area contributed by atoms with Crippen molar-refractivity contribution in [3.63, 3.8) is 0 Å². The number of aliphatic hydroxyl groups excluding tert-OH is 3. The zero-order valence-corrected chi connectivity index (χ0v) is 23.3. The number of aliphatic hydroxyl groups is 3. The van der Waals surface area contributed by atoms with Crippen LogP contribution in [0, 0.1) is 39.4 Å². The molecule has 9 atom stereocenters. The van der Waals surface area contributed by atoms with Gasteiger partial charge < -0.3 is 20.4 Å². The lowest BCUT2D eigenvalue weighted by Crippen LogP contribution is -2.60. The van der Waals surface area contributed by atoms with E-state index in [-0.39, 0.29) is 54.2 Å². The molecule has 4 N–H and O–H groups in total. The first-order valence-electron chi connectivity index (χ1n) is 13.7. The van der Waals surface area contributed by atoms with Crippen molar-refractivity contribution in [2.75, 3.05) is 0 Å². The van der Waals surface area contributed by atoms with Crippen molar-refractivity contribution in [2.45, 2.75) is 105 Å². The number of carbonyl (C=O) groups is 3. The third-order valence-electron chi connectivity index (χ3n) is 11.4. The zero-order chi connectivity index (χ0) is 27.9. The molecule has 2 fully saturated rings. The Kier molecular flexibility index (Phi) is 6.74. The van der Waals surface area contributed by atoms with E-state index in [0.717, 1.165) is 0 Å². The quantitative estimate of drug-likeness (QED) is 0.408. The highest BCUT2D eigenvalue weighted by Crippen LogP contribution is 2.70. The highest BCUT2D eigenvalue weighted by atomic mass is 16.4. The molecular formula is C30H44O7. The van der Waals surface area contributed by atoms with Crippen LogP contribution in [0.2, 0.25) is 0 Å². The normalized spacial score (nSPS) is 43.1. The lowest BCUT2D eigenvalue weighted by atomic mass is 9.42. The molecule has 0 aromatic heterocycles. The minimum absolute atomic E-state index is 0.0116. The molecule has 7 nitrogen and oxygen atoms in total. The van der Waals surface area contributed by atoms with Gasteiger partial charge in [0, 0.05) is 24.0 Å². The van der Waals surface area contributed by atoms with Gasteiger partial charge in [-0.25, -0.2) is 4.79 Å². The maximum Gasteiger partial charge on any atom is 0.331 e. The van der Waals surface area contributed by atoms with E-state index in [2.05, 4.69) is 6.92 Å². The van der Waals surface area contributed by atoms with E-state index in [4.69, 9.17) is 5.11 Å².